The van der Waals surface area contributed by atoms with Gasteiger partial charge in [-0.15, -0.1) is 0 Å². The molecular weight excluding hydrogens is 588 g/mol. The molecule has 0 saturated heterocycles. The Morgan fingerprint density at radius 1 is 0.553 bits per heavy atom. The van der Waals surface area contributed by atoms with Crippen LogP contribution in [0.1, 0.15) is 36.1 Å². The first-order valence-electron chi connectivity index (χ1n) is 15.8. The molecule has 0 bridgehead atoms. The van der Waals surface area contributed by atoms with E-state index in [1.54, 1.807) is 13.8 Å². The Kier molecular flexibility index (Phi) is 9.12. The second-order valence-corrected chi connectivity index (χ2v) is 12.0. The Morgan fingerprint density at radius 3 is 1.34 bits per heavy atom. The molecule has 0 heterocycles. The van der Waals surface area contributed by atoms with Gasteiger partial charge < -0.3 is 18.9 Å². The van der Waals surface area contributed by atoms with Gasteiger partial charge in [-0.2, -0.15) is 0 Å². The third-order valence-electron chi connectivity index (χ3n) is 8.75. The van der Waals surface area contributed by atoms with Crippen molar-refractivity contribution in [2.75, 3.05) is 26.4 Å². The van der Waals surface area contributed by atoms with Crippen molar-refractivity contribution in [2.24, 2.45) is 0 Å². The minimum absolute atomic E-state index is 0.137. The third kappa shape index (κ3) is 6.36. The number of hydrogen-bond acceptors (Lipinski definition) is 6. The lowest BCUT2D eigenvalue weighted by Crippen LogP contribution is -2.29. The number of carbonyl (C=O) groups excluding carboxylic acids is 2. The zero-order valence-electron chi connectivity index (χ0n) is 26.8. The summed E-state index contributed by atoms with van der Waals surface area (Å²) in [6.07, 6.45) is 1.68. The molecule has 0 N–H and O–H groups in total. The SMILES string of the molecule is C=C(C)C(=O)OCCOc1ccc(C2(c3ccc(OCCOC(=O)C(=C)C)c4ccccc34)Cc3ccccc3C2)c2ccccc12. The Balaban J connectivity index is 1.40. The smallest absolute Gasteiger partial charge is 0.333 e. The summed E-state index contributed by atoms with van der Waals surface area (Å²) >= 11 is 0. The van der Waals surface area contributed by atoms with Crippen LogP contribution in [-0.4, -0.2) is 38.4 Å². The van der Waals surface area contributed by atoms with Gasteiger partial charge in [-0.25, -0.2) is 9.59 Å². The highest BCUT2D eigenvalue weighted by Crippen LogP contribution is 2.50. The molecule has 1 aliphatic rings. The summed E-state index contributed by atoms with van der Waals surface area (Å²) in [5.74, 6) is 0.627. The first-order chi connectivity index (χ1) is 22.8. The normalized spacial score (nSPS) is 13.1. The Morgan fingerprint density at radius 2 is 0.936 bits per heavy atom. The summed E-state index contributed by atoms with van der Waals surface area (Å²) in [5, 5.41) is 4.22. The van der Waals surface area contributed by atoms with Gasteiger partial charge in [0, 0.05) is 27.3 Å². The molecule has 1 aliphatic carbocycles. The second kappa shape index (κ2) is 13.6. The molecule has 0 unspecified atom stereocenters. The van der Waals surface area contributed by atoms with Crippen LogP contribution < -0.4 is 9.47 Å². The van der Waals surface area contributed by atoms with E-state index in [9.17, 15) is 9.59 Å². The van der Waals surface area contributed by atoms with E-state index in [2.05, 4.69) is 86.0 Å². The molecule has 0 aliphatic heterocycles. The second-order valence-electron chi connectivity index (χ2n) is 12.0. The van der Waals surface area contributed by atoms with E-state index in [0.717, 1.165) is 45.9 Å². The maximum Gasteiger partial charge on any atom is 0.333 e. The average Bonchev–Trinajstić information content (AvgIpc) is 3.48. The summed E-state index contributed by atoms with van der Waals surface area (Å²) < 4.78 is 22.8. The number of fused-ring (bicyclic) bond motifs is 3. The van der Waals surface area contributed by atoms with Gasteiger partial charge in [-0.05, 0) is 71.8 Å². The Hall–Kier alpha value is -5.36. The largest absolute Gasteiger partial charge is 0.489 e. The fraction of sp³-hybridized carbons (Fsp3) is 0.220. The lowest BCUT2D eigenvalue weighted by atomic mass is 9.69. The van der Waals surface area contributed by atoms with Crippen molar-refractivity contribution in [1.82, 2.24) is 0 Å². The van der Waals surface area contributed by atoms with Gasteiger partial charge in [0.2, 0.25) is 0 Å². The van der Waals surface area contributed by atoms with E-state index >= 15 is 0 Å². The number of rotatable bonds is 12. The molecule has 0 amide bonds. The molecule has 47 heavy (non-hydrogen) atoms. The van der Waals surface area contributed by atoms with Gasteiger partial charge in [0.15, 0.2) is 0 Å². The molecule has 0 fully saturated rings. The predicted molar refractivity (Wildman–Crippen MR) is 185 cm³/mol. The van der Waals surface area contributed by atoms with E-state index < -0.39 is 11.9 Å². The van der Waals surface area contributed by atoms with Crippen LogP contribution in [-0.2, 0) is 37.3 Å². The highest BCUT2D eigenvalue weighted by molar-refractivity contribution is 5.96. The van der Waals surface area contributed by atoms with Crippen LogP contribution in [0.2, 0.25) is 0 Å². The summed E-state index contributed by atoms with van der Waals surface area (Å²) in [6.45, 7) is 11.3. The molecule has 0 spiro atoms. The highest BCUT2D eigenvalue weighted by Gasteiger charge is 2.42. The summed E-state index contributed by atoms with van der Waals surface area (Å²) in [5.41, 5.74) is 5.46. The van der Waals surface area contributed by atoms with Gasteiger partial charge in [-0.3, -0.25) is 0 Å². The van der Waals surface area contributed by atoms with E-state index in [1.165, 1.54) is 22.3 Å². The molecule has 0 radical (unpaired) electrons. The van der Waals surface area contributed by atoms with Crippen LogP contribution in [0.25, 0.3) is 21.5 Å². The maximum absolute atomic E-state index is 11.8. The molecule has 0 atom stereocenters. The summed E-state index contributed by atoms with van der Waals surface area (Å²) in [4.78, 5) is 23.7. The predicted octanol–water partition coefficient (Wildman–Crippen LogP) is 8.07. The quantitative estimate of drug-likeness (QED) is 0.0793. The first-order valence-corrected chi connectivity index (χ1v) is 15.8. The van der Waals surface area contributed by atoms with E-state index in [-0.39, 0.29) is 31.8 Å². The molecule has 5 aromatic rings. The Bertz CT molecular complexity index is 1860. The molecule has 238 valence electrons. The van der Waals surface area contributed by atoms with Crippen molar-refractivity contribution >= 4 is 33.5 Å². The molecule has 6 rings (SSSR count). The van der Waals surface area contributed by atoms with Crippen molar-refractivity contribution in [2.45, 2.75) is 32.1 Å². The lowest BCUT2D eigenvalue weighted by molar-refractivity contribution is -0.140. The van der Waals surface area contributed by atoms with Gasteiger partial charge in [0.25, 0.3) is 0 Å². The van der Waals surface area contributed by atoms with Crippen molar-refractivity contribution in [3.8, 4) is 11.5 Å². The zero-order chi connectivity index (χ0) is 33.0. The van der Waals surface area contributed by atoms with E-state index in [1.807, 2.05) is 24.3 Å². The first kappa shape index (κ1) is 31.6. The topological polar surface area (TPSA) is 71.1 Å². The average molecular weight is 627 g/mol. The van der Waals surface area contributed by atoms with Crippen molar-refractivity contribution in [3.05, 3.63) is 144 Å². The minimum Gasteiger partial charge on any atom is -0.489 e. The number of carbonyl (C=O) groups is 2. The molecule has 6 heteroatoms. The molecule has 5 aromatic carbocycles. The van der Waals surface area contributed by atoms with Crippen LogP contribution in [0.3, 0.4) is 0 Å². The number of hydrogen-bond donors (Lipinski definition) is 0. The number of benzene rings is 5. The molecule has 6 nitrogen and oxygen atoms in total. The van der Waals surface area contributed by atoms with E-state index in [4.69, 9.17) is 18.9 Å². The fourth-order valence-corrected chi connectivity index (χ4v) is 6.59. The molecule has 0 aromatic heterocycles. The van der Waals surface area contributed by atoms with Crippen LogP contribution in [0.15, 0.2) is 121 Å². The number of esters is 2. The van der Waals surface area contributed by atoms with Crippen molar-refractivity contribution < 1.29 is 28.5 Å². The van der Waals surface area contributed by atoms with Gasteiger partial charge in [0.1, 0.15) is 37.9 Å². The minimum atomic E-state index is -0.425. The van der Waals surface area contributed by atoms with Crippen LogP contribution in [0.5, 0.6) is 11.5 Å². The van der Waals surface area contributed by atoms with Crippen molar-refractivity contribution in [1.29, 1.82) is 0 Å². The Labute approximate surface area is 275 Å². The highest BCUT2D eigenvalue weighted by atomic mass is 16.6. The van der Waals surface area contributed by atoms with Gasteiger partial charge in [-0.1, -0.05) is 98.1 Å². The summed E-state index contributed by atoms with van der Waals surface area (Å²) in [6, 6.07) is 33.8. The van der Waals surface area contributed by atoms with Crippen LogP contribution >= 0.6 is 0 Å². The van der Waals surface area contributed by atoms with Gasteiger partial charge in [0.05, 0.1) is 0 Å². The fourth-order valence-electron chi connectivity index (χ4n) is 6.59. The molecular formula is C41H38O6. The van der Waals surface area contributed by atoms with Crippen LogP contribution in [0, 0.1) is 0 Å². The monoisotopic (exact) mass is 626 g/mol. The summed E-state index contributed by atoms with van der Waals surface area (Å²) in [7, 11) is 0. The van der Waals surface area contributed by atoms with E-state index in [0.29, 0.717) is 11.1 Å². The molecule has 0 saturated carbocycles. The maximum atomic E-state index is 11.8. The zero-order valence-corrected chi connectivity index (χ0v) is 26.8. The van der Waals surface area contributed by atoms with Gasteiger partial charge >= 0.3 is 11.9 Å². The van der Waals surface area contributed by atoms with Crippen molar-refractivity contribution in [3.63, 3.8) is 0 Å². The lowest BCUT2D eigenvalue weighted by Gasteiger charge is -2.34. The standard InChI is InChI=1S/C41H38O6/c1-27(2)39(42)46-23-21-44-37-19-17-35(31-13-7-9-15-33(31)37)41(25-29-11-5-6-12-30(29)26-41)36-18-20-38(34-16-10-8-14-32(34)36)45-22-24-47-40(43)28(3)4/h5-20H,1,3,21-26H2,2,4H3. The number of ether oxygens (including phenoxy) is 4. The van der Waals surface area contributed by atoms with Crippen LogP contribution in [0.4, 0.5) is 0 Å². The third-order valence-corrected chi connectivity index (χ3v) is 8.75.